The van der Waals surface area contributed by atoms with Crippen LogP contribution in [0.5, 0.6) is 0 Å². The number of ether oxygens (including phenoxy) is 1. The number of hydrogen-bond acceptors (Lipinski definition) is 2. The predicted molar refractivity (Wildman–Crippen MR) is 92.5 cm³/mol. The van der Waals surface area contributed by atoms with E-state index in [1.54, 1.807) is 0 Å². The second-order valence-electron chi connectivity index (χ2n) is 6.80. The lowest BCUT2D eigenvalue weighted by Crippen LogP contribution is -2.47. The van der Waals surface area contributed by atoms with Crippen LogP contribution in [0.15, 0.2) is 24.3 Å². The zero-order valence-corrected chi connectivity index (χ0v) is 14.6. The topological polar surface area (TPSA) is 29.5 Å². The number of benzene rings is 1. The number of rotatable bonds is 7. The fourth-order valence-electron chi connectivity index (χ4n) is 3.41. The zero-order chi connectivity index (χ0) is 16.2. The van der Waals surface area contributed by atoms with Crippen molar-refractivity contribution >= 4 is 17.5 Å². The van der Waals surface area contributed by atoms with E-state index in [0.717, 1.165) is 36.8 Å². The van der Waals surface area contributed by atoms with E-state index in [0.29, 0.717) is 13.0 Å². The summed E-state index contributed by atoms with van der Waals surface area (Å²) in [5, 5.41) is 0.738. The van der Waals surface area contributed by atoms with Crippen LogP contribution in [0.25, 0.3) is 0 Å². The third-order valence-corrected chi connectivity index (χ3v) is 5.22. The van der Waals surface area contributed by atoms with Crippen molar-refractivity contribution in [1.29, 1.82) is 0 Å². The van der Waals surface area contributed by atoms with Crippen LogP contribution in [0.1, 0.15) is 57.1 Å². The first-order chi connectivity index (χ1) is 11.2. The molecule has 1 aliphatic heterocycles. The first-order valence-electron chi connectivity index (χ1n) is 8.83. The Bertz CT molecular complexity index is 527. The van der Waals surface area contributed by atoms with E-state index >= 15 is 0 Å². The molecule has 0 aromatic heterocycles. The van der Waals surface area contributed by atoms with Gasteiger partial charge in [0.25, 0.3) is 0 Å². The van der Waals surface area contributed by atoms with E-state index in [1.165, 1.54) is 18.4 Å². The minimum Gasteiger partial charge on any atom is -0.379 e. The lowest BCUT2D eigenvalue weighted by atomic mass is 9.92. The molecular formula is C19H26ClNO2. The average molecular weight is 336 g/mol. The van der Waals surface area contributed by atoms with Gasteiger partial charge in [0.1, 0.15) is 0 Å². The van der Waals surface area contributed by atoms with E-state index in [2.05, 4.69) is 24.0 Å². The van der Waals surface area contributed by atoms with Gasteiger partial charge in [-0.25, -0.2) is 0 Å². The molecule has 0 bridgehead atoms. The smallest absolute Gasteiger partial charge is 0.223 e. The van der Waals surface area contributed by atoms with Crippen molar-refractivity contribution in [3.05, 3.63) is 34.9 Å². The van der Waals surface area contributed by atoms with Gasteiger partial charge in [-0.15, -0.1) is 0 Å². The van der Waals surface area contributed by atoms with Gasteiger partial charge in [0, 0.05) is 18.1 Å². The molecule has 2 aliphatic rings. The Kier molecular flexibility index (Phi) is 5.60. The van der Waals surface area contributed by atoms with Crippen LogP contribution >= 0.6 is 11.6 Å². The summed E-state index contributed by atoms with van der Waals surface area (Å²) in [5.41, 5.74) is 1.18. The summed E-state index contributed by atoms with van der Waals surface area (Å²) in [6.45, 7) is 3.65. The van der Waals surface area contributed by atoms with Crippen LogP contribution in [0.2, 0.25) is 5.02 Å². The minimum atomic E-state index is 0.156. The van der Waals surface area contributed by atoms with Crippen molar-refractivity contribution in [2.75, 3.05) is 13.2 Å². The van der Waals surface area contributed by atoms with Gasteiger partial charge in [0.2, 0.25) is 5.91 Å². The van der Waals surface area contributed by atoms with Gasteiger partial charge in [-0.3, -0.25) is 4.79 Å². The number of amides is 1. The lowest BCUT2D eigenvalue weighted by molar-refractivity contribution is -0.141. The van der Waals surface area contributed by atoms with E-state index < -0.39 is 0 Å². The van der Waals surface area contributed by atoms with Gasteiger partial charge in [0.05, 0.1) is 18.7 Å². The monoisotopic (exact) mass is 335 g/mol. The highest BCUT2D eigenvalue weighted by molar-refractivity contribution is 6.30. The van der Waals surface area contributed by atoms with Crippen molar-refractivity contribution in [3.8, 4) is 0 Å². The van der Waals surface area contributed by atoms with Crippen LogP contribution in [0, 0.1) is 5.92 Å². The fourth-order valence-corrected chi connectivity index (χ4v) is 3.54. The predicted octanol–water partition coefficient (Wildman–Crippen LogP) is 4.60. The van der Waals surface area contributed by atoms with Crippen LogP contribution in [0.3, 0.4) is 0 Å². The summed E-state index contributed by atoms with van der Waals surface area (Å²) in [5.74, 6) is 1.02. The Hall–Kier alpha value is -1.06. The van der Waals surface area contributed by atoms with Crippen LogP contribution < -0.4 is 0 Å². The van der Waals surface area contributed by atoms with Gasteiger partial charge in [0.15, 0.2) is 0 Å². The molecule has 1 aromatic rings. The minimum absolute atomic E-state index is 0.156. The van der Waals surface area contributed by atoms with E-state index in [4.69, 9.17) is 16.3 Å². The molecule has 1 heterocycles. The third-order valence-electron chi connectivity index (χ3n) is 4.97. The van der Waals surface area contributed by atoms with Crippen molar-refractivity contribution < 1.29 is 9.53 Å². The van der Waals surface area contributed by atoms with E-state index in [-0.39, 0.29) is 18.0 Å². The Labute approximate surface area is 144 Å². The number of halogens is 1. The van der Waals surface area contributed by atoms with Crippen LogP contribution in [-0.2, 0) is 9.53 Å². The molecule has 3 nitrogen and oxygen atoms in total. The summed E-state index contributed by atoms with van der Waals surface area (Å²) in [7, 11) is 0. The number of carbonyl (C=O) groups is 1. The van der Waals surface area contributed by atoms with Gasteiger partial charge < -0.3 is 9.64 Å². The van der Waals surface area contributed by atoms with E-state index in [1.807, 2.05) is 12.1 Å². The molecule has 0 N–H and O–H groups in total. The average Bonchev–Trinajstić information content (AvgIpc) is 3.37. The highest BCUT2D eigenvalue weighted by Gasteiger charge is 2.34. The molecule has 1 saturated heterocycles. The molecule has 3 rings (SSSR count). The largest absolute Gasteiger partial charge is 0.379 e. The maximum absolute atomic E-state index is 12.6. The molecule has 1 amide bonds. The Morgan fingerprint density at radius 3 is 2.65 bits per heavy atom. The van der Waals surface area contributed by atoms with Gasteiger partial charge in [-0.2, -0.15) is 0 Å². The van der Waals surface area contributed by atoms with Gasteiger partial charge >= 0.3 is 0 Å². The summed E-state index contributed by atoms with van der Waals surface area (Å²) in [6, 6.07) is 8.26. The van der Waals surface area contributed by atoms with Gasteiger partial charge in [-0.1, -0.05) is 30.7 Å². The Balaban J connectivity index is 1.72. The number of piperidine rings is 1. The van der Waals surface area contributed by atoms with Crippen LogP contribution in [0.4, 0.5) is 0 Å². The highest BCUT2D eigenvalue weighted by Crippen LogP contribution is 2.35. The third kappa shape index (κ3) is 4.27. The molecule has 23 heavy (non-hydrogen) atoms. The summed E-state index contributed by atoms with van der Waals surface area (Å²) in [4.78, 5) is 14.7. The molecule has 4 heteroatoms. The van der Waals surface area contributed by atoms with Crippen molar-refractivity contribution in [2.45, 2.75) is 57.5 Å². The SMILES string of the molecule is CC[C@@H](COCC1CC1)N1C(=O)CCCC1c1ccc(Cl)cc1. The van der Waals surface area contributed by atoms with Crippen molar-refractivity contribution in [3.63, 3.8) is 0 Å². The van der Waals surface area contributed by atoms with Crippen LogP contribution in [-0.4, -0.2) is 30.1 Å². The second-order valence-corrected chi connectivity index (χ2v) is 7.24. The summed E-state index contributed by atoms with van der Waals surface area (Å²) < 4.78 is 5.90. The van der Waals surface area contributed by atoms with Crippen molar-refractivity contribution in [1.82, 2.24) is 4.90 Å². The number of hydrogen-bond donors (Lipinski definition) is 0. The molecule has 1 saturated carbocycles. The normalized spacial score (nSPS) is 23.1. The summed E-state index contributed by atoms with van der Waals surface area (Å²) in [6.07, 6.45) is 6.16. The number of nitrogens with zero attached hydrogens (tertiary/aromatic N) is 1. The first-order valence-corrected chi connectivity index (χ1v) is 9.21. The molecule has 0 spiro atoms. The van der Waals surface area contributed by atoms with Crippen molar-refractivity contribution in [2.24, 2.45) is 5.92 Å². The molecule has 1 aliphatic carbocycles. The second kappa shape index (κ2) is 7.67. The molecular weight excluding hydrogens is 310 g/mol. The maximum Gasteiger partial charge on any atom is 0.223 e. The first kappa shape index (κ1) is 16.8. The fraction of sp³-hybridized carbons (Fsp3) is 0.632. The summed E-state index contributed by atoms with van der Waals surface area (Å²) >= 11 is 6.01. The lowest BCUT2D eigenvalue weighted by Gasteiger charge is -2.41. The molecule has 0 radical (unpaired) electrons. The molecule has 126 valence electrons. The molecule has 1 aromatic carbocycles. The Morgan fingerprint density at radius 2 is 2.00 bits per heavy atom. The molecule has 1 unspecified atom stereocenters. The standard InChI is InChI=1S/C19H26ClNO2/c1-2-17(13-23-12-14-6-7-14)21-18(4-3-5-19(21)22)15-8-10-16(20)11-9-15/h8-11,14,17-18H,2-7,12-13H2,1H3/t17-,18?/m0/s1. The number of likely N-dealkylation sites (tertiary alicyclic amines) is 1. The Morgan fingerprint density at radius 1 is 1.26 bits per heavy atom. The van der Waals surface area contributed by atoms with Gasteiger partial charge in [-0.05, 0) is 55.7 Å². The molecule has 2 atom stereocenters. The quantitative estimate of drug-likeness (QED) is 0.728. The zero-order valence-electron chi connectivity index (χ0n) is 13.8. The number of carbonyl (C=O) groups excluding carboxylic acids is 1. The highest BCUT2D eigenvalue weighted by atomic mass is 35.5. The maximum atomic E-state index is 12.6. The molecule has 2 fully saturated rings. The van der Waals surface area contributed by atoms with E-state index in [9.17, 15) is 4.79 Å².